The second kappa shape index (κ2) is 7.47. The SMILES string of the molecule is CCOC(=O)c1cc(Cl)c(OCc2cccc(F)c2)c(Cl)c1. The van der Waals surface area contributed by atoms with Crippen LogP contribution in [-0.4, -0.2) is 12.6 Å². The molecule has 3 nitrogen and oxygen atoms in total. The topological polar surface area (TPSA) is 35.5 Å². The molecule has 0 bridgehead atoms. The average molecular weight is 343 g/mol. The third-order valence-electron chi connectivity index (χ3n) is 2.78. The Labute approximate surface area is 137 Å². The predicted molar refractivity (Wildman–Crippen MR) is 83.2 cm³/mol. The number of rotatable bonds is 5. The third kappa shape index (κ3) is 4.12. The second-order valence-electron chi connectivity index (χ2n) is 4.41. The second-order valence-corrected chi connectivity index (χ2v) is 5.22. The van der Waals surface area contributed by atoms with E-state index in [2.05, 4.69) is 0 Å². The lowest BCUT2D eigenvalue weighted by Crippen LogP contribution is -2.05. The highest BCUT2D eigenvalue weighted by Crippen LogP contribution is 2.35. The summed E-state index contributed by atoms with van der Waals surface area (Å²) in [5.74, 6) is -0.625. The molecule has 0 saturated carbocycles. The number of carbonyl (C=O) groups is 1. The van der Waals surface area contributed by atoms with E-state index in [0.717, 1.165) is 0 Å². The molecule has 0 aliphatic heterocycles. The summed E-state index contributed by atoms with van der Waals surface area (Å²) < 4.78 is 23.5. The molecule has 2 aromatic rings. The normalized spacial score (nSPS) is 10.4. The van der Waals surface area contributed by atoms with Crippen LogP contribution in [0, 0.1) is 5.82 Å². The van der Waals surface area contributed by atoms with Crippen LogP contribution in [0.1, 0.15) is 22.8 Å². The van der Waals surface area contributed by atoms with Crippen LogP contribution in [-0.2, 0) is 11.3 Å². The molecule has 6 heteroatoms. The van der Waals surface area contributed by atoms with Crippen molar-refractivity contribution in [3.63, 3.8) is 0 Å². The summed E-state index contributed by atoms with van der Waals surface area (Å²) in [5.41, 5.74) is 0.886. The van der Waals surface area contributed by atoms with Crippen LogP contribution in [0.25, 0.3) is 0 Å². The number of benzene rings is 2. The smallest absolute Gasteiger partial charge is 0.338 e. The fraction of sp³-hybridized carbons (Fsp3) is 0.188. The van der Waals surface area contributed by atoms with Crippen molar-refractivity contribution in [2.75, 3.05) is 6.61 Å². The van der Waals surface area contributed by atoms with Gasteiger partial charge in [0.2, 0.25) is 0 Å². The molecule has 0 atom stereocenters. The maximum Gasteiger partial charge on any atom is 0.338 e. The highest BCUT2D eigenvalue weighted by molar-refractivity contribution is 6.37. The summed E-state index contributed by atoms with van der Waals surface area (Å²) in [7, 11) is 0. The lowest BCUT2D eigenvalue weighted by molar-refractivity contribution is 0.0526. The highest BCUT2D eigenvalue weighted by atomic mass is 35.5. The molecule has 0 spiro atoms. The first-order valence-electron chi connectivity index (χ1n) is 6.54. The van der Waals surface area contributed by atoms with Crippen molar-refractivity contribution in [1.29, 1.82) is 0 Å². The van der Waals surface area contributed by atoms with Gasteiger partial charge in [0.1, 0.15) is 12.4 Å². The highest BCUT2D eigenvalue weighted by Gasteiger charge is 2.15. The van der Waals surface area contributed by atoms with Crippen molar-refractivity contribution >= 4 is 29.2 Å². The Balaban J connectivity index is 2.16. The Kier molecular flexibility index (Phi) is 5.63. The molecule has 2 aromatic carbocycles. The van der Waals surface area contributed by atoms with Crippen LogP contribution in [0.4, 0.5) is 4.39 Å². The molecule has 2 rings (SSSR count). The van der Waals surface area contributed by atoms with Crippen LogP contribution in [0.5, 0.6) is 5.75 Å². The van der Waals surface area contributed by atoms with E-state index < -0.39 is 5.97 Å². The van der Waals surface area contributed by atoms with Crippen LogP contribution in [0.15, 0.2) is 36.4 Å². The molecule has 0 saturated heterocycles. The molecule has 0 N–H and O–H groups in total. The maximum absolute atomic E-state index is 13.1. The molecular formula is C16H13Cl2FO3. The Morgan fingerprint density at radius 1 is 1.18 bits per heavy atom. The van der Waals surface area contributed by atoms with E-state index in [1.54, 1.807) is 19.1 Å². The fourth-order valence-corrected chi connectivity index (χ4v) is 2.41. The van der Waals surface area contributed by atoms with Gasteiger partial charge in [-0.3, -0.25) is 0 Å². The van der Waals surface area contributed by atoms with Gasteiger partial charge in [-0.1, -0.05) is 35.3 Å². The molecule has 0 unspecified atom stereocenters. The van der Waals surface area contributed by atoms with Crippen molar-refractivity contribution in [3.05, 3.63) is 63.4 Å². The van der Waals surface area contributed by atoms with Crippen LogP contribution in [0.2, 0.25) is 10.0 Å². The van der Waals surface area contributed by atoms with Crippen molar-refractivity contribution in [2.24, 2.45) is 0 Å². The first-order valence-corrected chi connectivity index (χ1v) is 7.30. The number of halogens is 3. The Morgan fingerprint density at radius 3 is 2.45 bits per heavy atom. The maximum atomic E-state index is 13.1. The molecule has 0 aromatic heterocycles. The number of ether oxygens (including phenoxy) is 2. The summed E-state index contributed by atoms with van der Waals surface area (Å²) >= 11 is 12.2. The van der Waals surface area contributed by atoms with Gasteiger partial charge in [0, 0.05) is 0 Å². The zero-order valence-corrected chi connectivity index (χ0v) is 13.2. The first-order chi connectivity index (χ1) is 10.5. The van der Waals surface area contributed by atoms with E-state index in [-0.39, 0.29) is 40.4 Å². The van der Waals surface area contributed by atoms with Gasteiger partial charge in [0.25, 0.3) is 0 Å². The monoisotopic (exact) mass is 342 g/mol. The molecule has 0 heterocycles. The van der Waals surface area contributed by atoms with E-state index in [1.807, 2.05) is 0 Å². The van der Waals surface area contributed by atoms with E-state index in [4.69, 9.17) is 32.7 Å². The number of esters is 1. The molecular weight excluding hydrogens is 330 g/mol. The van der Waals surface area contributed by atoms with E-state index in [0.29, 0.717) is 5.56 Å². The zero-order valence-electron chi connectivity index (χ0n) is 11.7. The quantitative estimate of drug-likeness (QED) is 0.725. The molecule has 22 heavy (non-hydrogen) atoms. The molecule has 0 aliphatic rings. The average Bonchev–Trinajstić information content (AvgIpc) is 2.46. The minimum atomic E-state index is -0.511. The van der Waals surface area contributed by atoms with E-state index >= 15 is 0 Å². The zero-order chi connectivity index (χ0) is 16.1. The number of hydrogen-bond donors (Lipinski definition) is 0. The van der Waals surface area contributed by atoms with Crippen LogP contribution >= 0.6 is 23.2 Å². The van der Waals surface area contributed by atoms with Gasteiger partial charge in [-0.25, -0.2) is 9.18 Å². The Morgan fingerprint density at radius 2 is 1.86 bits per heavy atom. The number of hydrogen-bond acceptors (Lipinski definition) is 3. The summed E-state index contributed by atoms with van der Waals surface area (Å²) in [6.07, 6.45) is 0. The Hall–Kier alpha value is -1.78. The van der Waals surface area contributed by atoms with Gasteiger partial charge < -0.3 is 9.47 Å². The van der Waals surface area contributed by atoms with Gasteiger partial charge in [-0.2, -0.15) is 0 Å². The van der Waals surface area contributed by atoms with Gasteiger partial charge in [0.15, 0.2) is 5.75 Å². The standard InChI is InChI=1S/C16H13Cl2FO3/c1-2-21-16(20)11-7-13(17)15(14(18)8-11)22-9-10-4-3-5-12(19)6-10/h3-8H,2,9H2,1H3. The molecule has 0 amide bonds. The van der Waals surface area contributed by atoms with Gasteiger partial charge in [-0.05, 0) is 36.8 Å². The minimum absolute atomic E-state index is 0.107. The van der Waals surface area contributed by atoms with Crippen LogP contribution in [0.3, 0.4) is 0 Å². The largest absolute Gasteiger partial charge is 0.486 e. The van der Waals surface area contributed by atoms with Gasteiger partial charge >= 0.3 is 5.97 Å². The third-order valence-corrected chi connectivity index (χ3v) is 3.34. The van der Waals surface area contributed by atoms with Crippen molar-refractivity contribution < 1.29 is 18.7 Å². The van der Waals surface area contributed by atoms with E-state index in [1.165, 1.54) is 24.3 Å². The lowest BCUT2D eigenvalue weighted by atomic mass is 10.2. The Bertz CT molecular complexity index is 666. The summed E-state index contributed by atoms with van der Waals surface area (Å²) in [6.45, 7) is 2.07. The minimum Gasteiger partial charge on any atom is -0.486 e. The van der Waals surface area contributed by atoms with Crippen molar-refractivity contribution in [3.8, 4) is 5.75 Å². The lowest BCUT2D eigenvalue weighted by Gasteiger charge is -2.11. The molecule has 116 valence electrons. The van der Waals surface area contributed by atoms with E-state index in [9.17, 15) is 9.18 Å². The van der Waals surface area contributed by atoms with Crippen molar-refractivity contribution in [1.82, 2.24) is 0 Å². The van der Waals surface area contributed by atoms with Crippen LogP contribution < -0.4 is 4.74 Å². The summed E-state index contributed by atoms with van der Waals surface area (Å²) in [4.78, 5) is 11.7. The summed E-state index contributed by atoms with van der Waals surface area (Å²) in [5, 5.41) is 0.374. The molecule has 0 radical (unpaired) electrons. The first kappa shape index (κ1) is 16.6. The van der Waals surface area contributed by atoms with Gasteiger partial charge in [0.05, 0.1) is 22.2 Å². The fourth-order valence-electron chi connectivity index (χ4n) is 1.81. The molecule has 0 aliphatic carbocycles. The predicted octanol–water partition coefficient (Wildman–Crippen LogP) is 4.89. The number of carbonyl (C=O) groups excluding carboxylic acids is 1. The summed E-state index contributed by atoms with van der Waals surface area (Å²) in [6, 6.07) is 8.85. The van der Waals surface area contributed by atoms with Gasteiger partial charge in [-0.15, -0.1) is 0 Å². The van der Waals surface area contributed by atoms with Crippen molar-refractivity contribution in [2.45, 2.75) is 13.5 Å². The molecule has 0 fully saturated rings.